The first-order valence-corrected chi connectivity index (χ1v) is 9.22. The molecule has 0 fully saturated rings. The third kappa shape index (κ3) is 3.53. The number of nitrogens with zero attached hydrogens (tertiary/aromatic N) is 2. The fraction of sp³-hybridized carbons (Fsp3) is 0.0526. The standard InChI is InChI=1S/C19H10ClF4N3S/c20-13-5-2-6-14(21)16(13)18-25-17(26-27-18)11-8-15(28-9-11)10-3-1-4-12(7-10)19(22,23)24/h1-9H,(H,25,26,27). The van der Waals surface area contributed by atoms with Gasteiger partial charge >= 0.3 is 6.18 Å². The van der Waals surface area contributed by atoms with Gasteiger partial charge in [-0.15, -0.1) is 11.3 Å². The van der Waals surface area contributed by atoms with Crippen molar-refractivity contribution in [1.29, 1.82) is 0 Å². The normalized spacial score (nSPS) is 11.8. The van der Waals surface area contributed by atoms with Crippen molar-refractivity contribution in [3.63, 3.8) is 0 Å². The van der Waals surface area contributed by atoms with Crippen molar-refractivity contribution in [1.82, 2.24) is 15.2 Å². The van der Waals surface area contributed by atoms with Gasteiger partial charge < -0.3 is 0 Å². The van der Waals surface area contributed by atoms with E-state index in [1.54, 1.807) is 23.6 Å². The van der Waals surface area contributed by atoms with E-state index in [9.17, 15) is 17.6 Å². The van der Waals surface area contributed by atoms with Crippen molar-refractivity contribution < 1.29 is 17.6 Å². The molecule has 4 aromatic rings. The van der Waals surface area contributed by atoms with E-state index < -0.39 is 17.6 Å². The van der Waals surface area contributed by atoms with Crippen molar-refractivity contribution in [3.8, 4) is 33.2 Å². The zero-order valence-corrected chi connectivity index (χ0v) is 15.5. The Labute approximate surface area is 165 Å². The van der Waals surface area contributed by atoms with Crippen LogP contribution in [-0.4, -0.2) is 15.2 Å². The Balaban J connectivity index is 1.67. The highest BCUT2D eigenvalue weighted by molar-refractivity contribution is 7.14. The minimum Gasteiger partial charge on any atom is -0.259 e. The van der Waals surface area contributed by atoms with E-state index in [0.717, 1.165) is 12.1 Å². The summed E-state index contributed by atoms with van der Waals surface area (Å²) in [5.41, 5.74) is 0.442. The maximum atomic E-state index is 14.0. The van der Waals surface area contributed by atoms with Crippen LogP contribution in [0.1, 0.15) is 5.56 Å². The quantitative estimate of drug-likeness (QED) is 0.373. The van der Waals surface area contributed by atoms with Crippen molar-refractivity contribution in [2.75, 3.05) is 0 Å². The second-order valence-electron chi connectivity index (χ2n) is 5.88. The van der Waals surface area contributed by atoms with Crippen LogP contribution in [0.4, 0.5) is 17.6 Å². The van der Waals surface area contributed by atoms with Gasteiger partial charge in [0.25, 0.3) is 0 Å². The number of alkyl halides is 3. The summed E-state index contributed by atoms with van der Waals surface area (Å²) >= 11 is 7.30. The van der Waals surface area contributed by atoms with Crippen molar-refractivity contribution in [2.45, 2.75) is 6.18 Å². The van der Waals surface area contributed by atoms with E-state index in [1.165, 1.54) is 29.5 Å². The van der Waals surface area contributed by atoms with E-state index >= 15 is 0 Å². The Morgan fingerprint density at radius 2 is 1.79 bits per heavy atom. The molecule has 2 aromatic carbocycles. The van der Waals surface area contributed by atoms with Gasteiger partial charge in [0.2, 0.25) is 0 Å². The van der Waals surface area contributed by atoms with Crippen LogP contribution in [0, 0.1) is 5.82 Å². The Morgan fingerprint density at radius 3 is 2.54 bits per heavy atom. The molecule has 0 saturated heterocycles. The SMILES string of the molecule is Fc1cccc(Cl)c1-c1nc(-c2csc(-c3cccc(C(F)(F)F)c3)c2)n[nH]1. The lowest BCUT2D eigenvalue weighted by Gasteiger charge is -2.07. The average Bonchev–Trinajstić information content (AvgIpc) is 3.30. The molecule has 4 rings (SSSR count). The molecular formula is C19H10ClF4N3S. The molecule has 0 spiro atoms. The van der Waals surface area contributed by atoms with Crippen LogP contribution < -0.4 is 0 Å². The summed E-state index contributed by atoms with van der Waals surface area (Å²) < 4.78 is 52.8. The number of H-pyrrole nitrogens is 1. The summed E-state index contributed by atoms with van der Waals surface area (Å²) in [6.07, 6.45) is -4.41. The summed E-state index contributed by atoms with van der Waals surface area (Å²) in [6, 6.07) is 11.1. The second kappa shape index (κ2) is 7.03. The molecule has 9 heteroatoms. The molecule has 0 atom stereocenters. The molecule has 0 radical (unpaired) electrons. The topological polar surface area (TPSA) is 41.6 Å². The van der Waals surface area contributed by atoms with Gasteiger partial charge in [-0.2, -0.15) is 18.3 Å². The van der Waals surface area contributed by atoms with Crippen molar-refractivity contribution in [3.05, 3.63) is 70.3 Å². The molecule has 0 bridgehead atoms. The molecule has 1 N–H and O–H groups in total. The van der Waals surface area contributed by atoms with Crippen molar-refractivity contribution in [2.24, 2.45) is 0 Å². The monoisotopic (exact) mass is 423 g/mol. The van der Waals surface area contributed by atoms with Gasteiger partial charge in [0, 0.05) is 15.8 Å². The summed E-state index contributed by atoms with van der Waals surface area (Å²) in [6.45, 7) is 0. The summed E-state index contributed by atoms with van der Waals surface area (Å²) in [7, 11) is 0. The van der Waals surface area contributed by atoms with Gasteiger partial charge in [0.1, 0.15) is 5.82 Å². The summed E-state index contributed by atoms with van der Waals surface area (Å²) in [4.78, 5) is 4.91. The summed E-state index contributed by atoms with van der Waals surface area (Å²) in [5.74, 6) is -0.0705. The first-order valence-electron chi connectivity index (χ1n) is 7.96. The molecule has 0 aliphatic heterocycles. The third-order valence-corrected chi connectivity index (χ3v) is 5.31. The highest BCUT2D eigenvalue weighted by Crippen LogP contribution is 2.36. The number of thiophene rings is 1. The Kier molecular flexibility index (Phi) is 4.68. The first kappa shape index (κ1) is 18.6. The number of nitrogens with one attached hydrogen (secondary N) is 1. The van der Waals surface area contributed by atoms with Crippen LogP contribution in [0.3, 0.4) is 0 Å². The fourth-order valence-corrected chi connectivity index (χ4v) is 3.82. The lowest BCUT2D eigenvalue weighted by Crippen LogP contribution is -2.04. The Bertz CT molecular complexity index is 1130. The van der Waals surface area contributed by atoms with Crippen LogP contribution in [-0.2, 0) is 6.18 Å². The molecule has 0 saturated carbocycles. The second-order valence-corrected chi connectivity index (χ2v) is 7.20. The maximum Gasteiger partial charge on any atom is 0.416 e. The predicted octanol–water partition coefficient (Wildman–Crippen LogP) is 6.68. The molecule has 28 heavy (non-hydrogen) atoms. The fourth-order valence-electron chi connectivity index (χ4n) is 2.68. The minimum atomic E-state index is -4.41. The largest absolute Gasteiger partial charge is 0.416 e. The molecule has 0 unspecified atom stereocenters. The minimum absolute atomic E-state index is 0.108. The number of benzene rings is 2. The highest BCUT2D eigenvalue weighted by atomic mass is 35.5. The first-order chi connectivity index (χ1) is 13.3. The third-order valence-electron chi connectivity index (χ3n) is 4.02. The lowest BCUT2D eigenvalue weighted by atomic mass is 10.1. The van der Waals surface area contributed by atoms with Crippen LogP contribution in [0.15, 0.2) is 53.9 Å². The molecule has 2 heterocycles. The van der Waals surface area contributed by atoms with E-state index in [2.05, 4.69) is 15.2 Å². The van der Waals surface area contributed by atoms with Crippen LogP contribution >= 0.6 is 22.9 Å². The Hall–Kier alpha value is -2.71. The van der Waals surface area contributed by atoms with Gasteiger partial charge in [0.05, 0.1) is 16.1 Å². The van der Waals surface area contributed by atoms with Gasteiger partial charge in [-0.05, 0) is 35.9 Å². The molecule has 0 amide bonds. The number of aromatic amines is 1. The van der Waals surface area contributed by atoms with Crippen LogP contribution in [0.5, 0.6) is 0 Å². The maximum absolute atomic E-state index is 14.0. The molecule has 2 aromatic heterocycles. The number of rotatable bonds is 3. The molecule has 0 aliphatic carbocycles. The molecule has 142 valence electrons. The number of halogens is 5. The van der Waals surface area contributed by atoms with Gasteiger partial charge in [-0.25, -0.2) is 9.37 Å². The van der Waals surface area contributed by atoms with Crippen LogP contribution in [0.25, 0.3) is 33.2 Å². The zero-order valence-electron chi connectivity index (χ0n) is 13.9. The van der Waals surface area contributed by atoms with E-state index in [4.69, 9.17) is 11.6 Å². The van der Waals surface area contributed by atoms with Gasteiger partial charge in [0.15, 0.2) is 11.6 Å². The van der Waals surface area contributed by atoms with Crippen molar-refractivity contribution >= 4 is 22.9 Å². The lowest BCUT2D eigenvalue weighted by molar-refractivity contribution is -0.137. The highest BCUT2D eigenvalue weighted by Gasteiger charge is 2.30. The van der Waals surface area contributed by atoms with E-state index in [-0.39, 0.29) is 16.4 Å². The number of hydrogen-bond acceptors (Lipinski definition) is 3. The average molecular weight is 424 g/mol. The zero-order chi connectivity index (χ0) is 19.9. The molecule has 3 nitrogen and oxygen atoms in total. The smallest absolute Gasteiger partial charge is 0.259 e. The summed E-state index contributed by atoms with van der Waals surface area (Å²) in [5, 5.41) is 8.64. The Morgan fingerprint density at radius 1 is 1.00 bits per heavy atom. The number of aromatic nitrogens is 3. The van der Waals surface area contributed by atoms with E-state index in [0.29, 0.717) is 21.8 Å². The van der Waals surface area contributed by atoms with Gasteiger partial charge in [-0.3, -0.25) is 5.10 Å². The van der Waals surface area contributed by atoms with Crippen LogP contribution in [0.2, 0.25) is 5.02 Å². The molecule has 0 aliphatic rings. The number of hydrogen-bond donors (Lipinski definition) is 1. The van der Waals surface area contributed by atoms with Gasteiger partial charge in [-0.1, -0.05) is 29.8 Å². The molecular weight excluding hydrogens is 414 g/mol. The predicted molar refractivity (Wildman–Crippen MR) is 101 cm³/mol. The van der Waals surface area contributed by atoms with E-state index in [1.807, 2.05) is 0 Å².